The van der Waals surface area contributed by atoms with Crippen LogP contribution in [0.4, 0.5) is 0 Å². The van der Waals surface area contributed by atoms with Crippen LogP contribution in [0.2, 0.25) is 10.0 Å². The van der Waals surface area contributed by atoms with Crippen LogP contribution in [0.3, 0.4) is 0 Å². The van der Waals surface area contributed by atoms with E-state index in [1.54, 1.807) is 30.3 Å². The molecule has 0 unspecified atom stereocenters. The quantitative estimate of drug-likeness (QED) is 0.306. The van der Waals surface area contributed by atoms with Gasteiger partial charge in [0, 0.05) is 50.9 Å². The average molecular weight is 464 g/mol. The smallest absolute Gasteiger partial charge is 0.231 e. The Morgan fingerprint density at radius 2 is 1.91 bits per heavy atom. The van der Waals surface area contributed by atoms with Crippen LogP contribution in [0, 0.1) is 6.92 Å². The number of ketones is 1. The standard InChI is InChI=1S/C26H19Cl2NO3/c1-15-23(31-14-16-7-8-18(27)12-21(16)28)10-9-20-25(30)24(32-26(15)20)11-17-13-29(2)22-6-4-3-5-19(17)22/h3-13H,14H2,1-2H3/b24-11-. The highest BCUT2D eigenvalue weighted by Gasteiger charge is 2.30. The number of hydrogen-bond donors (Lipinski definition) is 0. The molecule has 3 aromatic carbocycles. The lowest BCUT2D eigenvalue weighted by atomic mass is 10.1. The van der Waals surface area contributed by atoms with Gasteiger partial charge < -0.3 is 14.0 Å². The van der Waals surface area contributed by atoms with Crippen molar-refractivity contribution in [2.45, 2.75) is 13.5 Å². The molecular formula is C26H19Cl2NO3. The van der Waals surface area contributed by atoms with Gasteiger partial charge in [0.05, 0.1) is 5.56 Å². The Hall–Kier alpha value is -3.21. The predicted molar refractivity (Wildman–Crippen MR) is 128 cm³/mol. The lowest BCUT2D eigenvalue weighted by Crippen LogP contribution is -1.99. The van der Waals surface area contributed by atoms with Gasteiger partial charge in [0.15, 0.2) is 5.76 Å². The van der Waals surface area contributed by atoms with Gasteiger partial charge in [-0.15, -0.1) is 0 Å². The highest BCUT2D eigenvalue weighted by atomic mass is 35.5. The van der Waals surface area contributed by atoms with E-state index in [4.69, 9.17) is 32.7 Å². The molecule has 0 spiro atoms. The molecular weight excluding hydrogens is 445 g/mol. The lowest BCUT2D eigenvalue weighted by molar-refractivity contribution is 0.101. The number of Topliss-reactive ketones (excluding diaryl/α,β-unsaturated/α-hetero) is 1. The van der Waals surface area contributed by atoms with Crippen molar-refractivity contribution in [1.29, 1.82) is 0 Å². The number of halogens is 2. The monoisotopic (exact) mass is 463 g/mol. The molecule has 0 bridgehead atoms. The van der Waals surface area contributed by atoms with Gasteiger partial charge in [-0.05, 0) is 43.3 Å². The molecule has 1 aromatic heterocycles. The maximum Gasteiger partial charge on any atom is 0.231 e. The molecule has 2 heterocycles. The molecule has 4 aromatic rings. The third kappa shape index (κ3) is 3.56. The summed E-state index contributed by atoms with van der Waals surface area (Å²) in [5.41, 5.74) is 4.15. The summed E-state index contributed by atoms with van der Waals surface area (Å²) in [6, 6.07) is 16.9. The first-order valence-electron chi connectivity index (χ1n) is 10.1. The summed E-state index contributed by atoms with van der Waals surface area (Å²) in [4.78, 5) is 13.0. The van der Waals surface area contributed by atoms with Crippen molar-refractivity contribution in [2.75, 3.05) is 0 Å². The maximum absolute atomic E-state index is 13.0. The first-order valence-corrected chi connectivity index (χ1v) is 10.9. The van der Waals surface area contributed by atoms with Crippen molar-refractivity contribution in [3.05, 3.63) is 98.9 Å². The molecule has 0 N–H and O–H groups in total. The molecule has 32 heavy (non-hydrogen) atoms. The van der Waals surface area contributed by atoms with Crippen LogP contribution in [0.25, 0.3) is 17.0 Å². The van der Waals surface area contributed by atoms with Crippen LogP contribution in [0.15, 0.2) is 66.6 Å². The van der Waals surface area contributed by atoms with Crippen LogP contribution in [0.1, 0.15) is 27.0 Å². The van der Waals surface area contributed by atoms with E-state index < -0.39 is 0 Å². The fraction of sp³-hybridized carbons (Fsp3) is 0.115. The summed E-state index contributed by atoms with van der Waals surface area (Å²) in [6.07, 6.45) is 3.80. The number of carbonyl (C=O) groups is 1. The number of aromatic nitrogens is 1. The van der Waals surface area contributed by atoms with E-state index in [0.29, 0.717) is 32.9 Å². The number of hydrogen-bond acceptors (Lipinski definition) is 3. The third-order valence-electron chi connectivity index (χ3n) is 5.65. The van der Waals surface area contributed by atoms with E-state index in [1.807, 2.05) is 55.1 Å². The van der Waals surface area contributed by atoms with Crippen LogP contribution in [-0.4, -0.2) is 10.4 Å². The number of allylic oxidation sites excluding steroid dienone is 1. The number of benzene rings is 3. The molecule has 6 heteroatoms. The van der Waals surface area contributed by atoms with E-state index in [0.717, 1.165) is 27.6 Å². The zero-order chi connectivity index (χ0) is 22.4. The van der Waals surface area contributed by atoms with Crippen molar-refractivity contribution in [3.63, 3.8) is 0 Å². The minimum atomic E-state index is -0.136. The van der Waals surface area contributed by atoms with Gasteiger partial charge in [-0.2, -0.15) is 0 Å². The second kappa shape index (κ2) is 8.05. The summed E-state index contributed by atoms with van der Waals surface area (Å²) in [5, 5.41) is 2.18. The van der Waals surface area contributed by atoms with Crippen molar-refractivity contribution in [1.82, 2.24) is 4.57 Å². The van der Waals surface area contributed by atoms with Gasteiger partial charge in [0.25, 0.3) is 0 Å². The Kier molecular flexibility index (Phi) is 5.20. The fourth-order valence-electron chi connectivity index (χ4n) is 3.95. The zero-order valence-electron chi connectivity index (χ0n) is 17.5. The van der Waals surface area contributed by atoms with Crippen molar-refractivity contribution >= 4 is 46.0 Å². The first-order chi connectivity index (χ1) is 15.4. The molecule has 0 saturated carbocycles. The third-order valence-corrected chi connectivity index (χ3v) is 6.24. The summed E-state index contributed by atoms with van der Waals surface area (Å²) in [6.45, 7) is 2.16. The number of carbonyl (C=O) groups excluding carboxylic acids is 1. The molecule has 5 rings (SSSR count). The summed E-state index contributed by atoms with van der Waals surface area (Å²) < 4.78 is 14.0. The molecule has 0 radical (unpaired) electrons. The van der Waals surface area contributed by atoms with Gasteiger partial charge in [-0.25, -0.2) is 0 Å². The van der Waals surface area contributed by atoms with E-state index in [2.05, 4.69) is 0 Å². The Morgan fingerprint density at radius 3 is 2.72 bits per heavy atom. The minimum Gasteiger partial charge on any atom is -0.488 e. The van der Waals surface area contributed by atoms with Gasteiger partial charge in [0.1, 0.15) is 18.1 Å². The number of para-hydroxylation sites is 1. The van der Waals surface area contributed by atoms with E-state index in [9.17, 15) is 4.79 Å². The minimum absolute atomic E-state index is 0.136. The molecule has 0 aliphatic carbocycles. The Balaban J connectivity index is 1.43. The SMILES string of the molecule is Cc1c(OCc2ccc(Cl)cc2Cl)ccc2c1O/C(=C\c1cn(C)c3ccccc13)C2=O. The highest BCUT2D eigenvalue weighted by Crippen LogP contribution is 2.40. The van der Waals surface area contributed by atoms with Crippen molar-refractivity contribution < 1.29 is 14.3 Å². The number of fused-ring (bicyclic) bond motifs is 2. The maximum atomic E-state index is 13.0. The van der Waals surface area contributed by atoms with E-state index in [1.165, 1.54) is 0 Å². The molecule has 0 amide bonds. The summed E-state index contributed by atoms with van der Waals surface area (Å²) in [7, 11) is 1.98. The summed E-state index contributed by atoms with van der Waals surface area (Å²) >= 11 is 12.2. The van der Waals surface area contributed by atoms with Gasteiger partial charge >= 0.3 is 0 Å². The lowest BCUT2D eigenvalue weighted by Gasteiger charge is -2.12. The molecule has 0 atom stereocenters. The predicted octanol–water partition coefficient (Wildman–Crippen LogP) is 6.99. The molecule has 4 nitrogen and oxygen atoms in total. The Bertz CT molecular complexity index is 1420. The van der Waals surface area contributed by atoms with Crippen LogP contribution < -0.4 is 9.47 Å². The number of ether oxygens (including phenoxy) is 2. The fourth-order valence-corrected chi connectivity index (χ4v) is 4.41. The largest absolute Gasteiger partial charge is 0.488 e. The molecule has 1 aliphatic rings. The number of nitrogens with zero attached hydrogens (tertiary/aromatic N) is 1. The normalized spacial score (nSPS) is 14.1. The zero-order valence-corrected chi connectivity index (χ0v) is 19.0. The van der Waals surface area contributed by atoms with Crippen molar-refractivity contribution in [2.24, 2.45) is 7.05 Å². The van der Waals surface area contributed by atoms with E-state index >= 15 is 0 Å². The molecule has 0 saturated heterocycles. The summed E-state index contributed by atoms with van der Waals surface area (Å²) in [5.74, 6) is 1.33. The second-order valence-electron chi connectivity index (χ2n) is 7.74. The second-order valence-corrected chi connectivity index (χ2v) is 8.59. The van der Waals surface area contributed by atoms with E-state index in [-0.39, 0.29) is 12.4 Å². The van der Waals surface area contributed by atoms with Crippen LogP contribution >= 0.6 is 23.2 Å². The molecule has 0 fully saturated rings. The number of aryl methyl sites for hydroxylation is 1. The van der Waals surface area contributed by atoms with Gasteiger partial charge in [-0.3, -0.25) is 4.79 Å². The highest BCUT2D eigenvalue weighted by molar-refractivity contribution is 6.35. The Labute approximate surface area is 195 Å². The van der Waals surface area contributed by atoms with Crippen LogP contribution in [-0.2, 0) is 13.7 Å². The van der Waals surface area contributed by atoms with Gasteiger partial charge in [0.2, 0.25) is 5.78 Å². The first kappa shape index (κ1) is 20.7. The molecule has 160 valence electrons. The van der Waals surface area contributed by atoms with Crippen molar-refractivity contribution in [3.8, 4) is 11.5 Å². The average Bonchev–Trinajstić information content (AvgIpc) is 3.27. The van der Waals surface area contributed by atoms with Crippen LogP contribution in [0.5, 0.6) is 11.5 Å². The topological polar surface area (TPSA) is 40.5 Å². The van der Waals surface area contributed by atoms with Gasteiger partial charge in [-0.1, -0.05) is 47.5 Å². The Morgan fingerprint density at radius 1 is 1.09 bits per heavy atom. The molecule has 1 aliphatic heterocycles. The number of rotatable bonds is 4.